The van der Waals surface area contributed by atoms with Crippen molar-refractivity contribution in [1.29, 1.82) is 0 Å². The van der Waals surface area contributed by atoms with Crippen LogP contribution >= 0.6 is 0 Å². The van der Waals surface area contributed by atoms with Gasteiger partial charge in [0.05, 0.1) is 0 Å². The van der Waals surface area contributed by atoms with Crippen LogP contribution in [0, 0.1) is 5.92 Å². The van der Waals surface area contributed by atoms with Crippen molar-refractivity contribution >= 4 is 0 Å². The summed E-state index contributed by atoms with van der Waals surface area (Å²) >= 11 is 0. The molecule has 0 fully saturated rings. The van der Waals surface area contributed by atoms with Crippen molar-refractivity contribution in [3.05, 3.63) is 52.0 Å². The maximum absolute atomic E-state index is 2.26. The number of rotatable bonds is 0. The zero-order chi connectivity index (χ0) is 13.0. The van der Waals surface area contributed by atoms with Crippen LogP contribution in [0.5, 0.6) is 0 Å². The molecule has 0 atom stereocenters. The minimum absolute atomic E-state index is 0. The van der Waals surface area contributed by atoms with Gasteiger partial charge >= 0.3 is 0 Å². The standard InChI is InChI=1S/C10H15.C7H10.Ir/c1-6-7(2)9(4)10(5)8(6)3;1-7-5-3-2-4-6-7;/h1-5H3;3,5-6H,2,4H2,1H3;. The Morgan fingerprint density at radius 1 is 0.722 bits per heavy atom. The summed E-state index contributed by atoms with van der Waals surface area (Å²) in [5.74, 6) is 1.47. The zero-order valence-electron chi connectivity index (χ0n) is 12.5. The molecule has 1 heteroatoms. The average Bonchev–Trinajstić information content (AvgIpc) is 2.49. The molecule has 0 aromatic carbocycles. The van der Waals surface area contributed by atoms with Crippen molar-refractivity contribution in [2.45, 2.75) is 54.4 Å². The molecule has 0 aliphatic heterocycles. The molecule has 18 heavy (non-hydrogen) atoms. The summed E-state index contributed by atoms with van der Waals surface area (Å²) in [5, 5.41) is 0. The molecule has 0 unspecified atom stereocenters. The van der Waals surface area contributed by atoms with Gasteiger partial charge in [-0.15, -0.1) is 0 Å². The Bertz CT molecular complexity index is 381. The molecular weight excluding hydrogens is 396 g/mol. The fraction of sp³-hybridized carbons (Fsp3) is 0.471. The SMILES string of the molecule is CC1=CCCC=C1.C[C]1C(C)=C(C)C(C)=C1C.[Ir]. The van der Waals surface area contributed by atoms with E-state index in [2.05, 4.69) is 59.8 Å². The van der Waals surface area contributed by atoms with Gasteiger partial charge in [0.15, 0.2) is 0 Å². The van der Waals surface area contributed by atoms with Gasteiger partial charge in [-0.1, -0.05) is 41.9 Å². The maximum atomic E-state index is 2.26. The minimum atomic E-state index is 0. The van der Waals surface area contributed by atoms with E-state index in [1.807, 2.05) is 0 Å². The van der Waals surface area contributed by atoms with E-state index in [9.17, 15) is 0 Å². The fourth-order valence-corrected chi connectivity index (χ4v) is 2.15. The molecule has 2 rings (SSSR count). The third kappa shape index (κ3) is 4.37. The first-order chi connectivity index (χ1) is 7.95. The quantitative estimate of drug-likeness (QED) is 0.481. The summed E-state index contributed by atoms with van der Waals surface area (Å²) in [7, 11) is 0. The first-order valence-electron chi connectivity index (χ1n) is 6.48. The van der Waals surface area contributed by atoms with E-state index in [4.69, 9.17) is 0 Å². The molecule has 0 saturated carbocycles. The summed E-state index contributed by atoms with van der Waals surface area (Å²) in [6.45, 7) is 13.1. The molecule has 2 radical (unpaired) electrons. The van der Waals surface area contributed by atoms with E-state index < -0.39 is 0 Å². The third-order valence-corrected chi connectivity index (χ3v) is 3.99. The van der Waals surface area contributed by atoms with E-state index in [1.165, 1.54) is 46.6 Å². The van der Waals surface area contributed by atoms with Gasteiger partial charge in [-0.3, -0.25) is 0 Å². The molecule has 0 saturated heterocycles. The van der Waals surface area contributed by atoms with Gasteiger partial charge in [0.1, 0.15) is 0 Å². The van der Waals surface area contributed by atoms with E-state index in [1.54, 1.807) is 0 Å². The zero-order valence-corrected chi connectivity index (χ0v) is 14.9. The first kappa shape index (κ1) is 17.6. The molecule has 0 bridgehead atoms. The number of hydrogen-bond acceptors (Lipinski definition) is 0. The van der Waals surface area contributed by atoms with Gasteiger partial charge in [-0.2, -0.15) is 0 Å². The van der Waals surface area contributed by atoms with E-state index >= 15 is 0 Å². The Hall–Kier alpha value is -0.391. The second-order valence-corrected chi connectivity index (χ2v) is 5.05. The predicted octanol–water partition coefficient (Wildman–Crippen LogP) is 5.55. The van der Waals surface area contributed by atoms with E-state index in [0.29, 0.717) is 0 Å². The van der Waals surface area contributed by atoms with Crippen molar-refractivity contribution in [3.63, 3.8) is 0 Å². The van der Waals surface area contributed by atoms with Crippen molar-refractivity contribution in [3.8, 4) is 0 Å². The largest absolute Gasteiger partial charge is 0.0840 e. The molecule has 102 valence electrons. The second kappa shape index (κ2) is 7.92. The molecule has 0 aromatic rings. The van der Waals surface area contributed by atoms with E-state index in [-0.39, 0.29) is 20.1 Å². The Morgan fingerprint density at radius 2 is 1.22 bits per heavy atom. The normalized spacial score (nSPS) is 19.3. The average molecular weight is 422 g/mol. The molecule has 2 aliphatic carbocycles. The van der Waals surface area contributed by atoms with Gasteiger partial charge in [-0.25, -0.2) is 0 Å². The molecule has 2 aliphatic rings. The maximum Gasteiger partial charge on any atom is 0.0226 e. The van der Waals surface area contributed by atoms with Crippen molar-refractivity contribution in [2.75, 3.05) is 0 Å². The van der Waals surface area contributed by atoms with Crippen LogP contribution in [0.3, 0.4) is 0 Å². The van der Waals surface area contributed by atoms with Crippen LogP contribution in [0.15, 0.2) is 46.1 Å². The van der Waals surface area contributed by atoms with Crippen LogP contribution in [-0.4, -0.2) is 0 Å². The van der Waals surface area contributed by atoms with Crippen LogP contribution in [0.4, 0.5) is 0 Å². The summed E-state index contributed by atoms with van der Waals surface area (Å²) in [4.78, 5) is 0. The second-order valence-electron chi connectivity index (χ2n) is 5.05. The van der Waals surface area contributed by atoms with Crippen LogP contribution in [0.25, 0.3) is 0 Å². The smallest absolute Gasteiger partial charge is 0.0226 e. The van der Waals surface area contributed by atoms with Crippen molar-refractivity contribution in [2.24, 2.45) is 0 Å². The summed E-state index contributed by atoms with van der Waals surface area (Å²) in [5.41, 5.74) is 7.28. The molecule has 0 N–H and O–H groups in total. The molecular formula is C17H25Ir. The molecule has 0 heterocycles. The van der Waals surface area contributed by atoms with Gasteiger partial charge in [0.2, 0.25) is 0 Å². The monoisotopic (exact) mass is 422 g/mol. The fourth-order valence-electron chi connectivity index (χ4n) is 2.15. The molecule has 0 amide bonds. The Kier molecular flexibility index (Phi) is 7.74. The molecule has 0 spiro atoms. The summed E-state index contributed by atoms with van der Waals surface area (Å²) < 4.78 is 0. The minimum Gasteiger partial charge on any atom is -0.0840 e. The van der Waals surface area contributed by atoms with Gasteiger partial charge in [0.25, 0.3) is 0 Å². The van der Waals surface area contributed by atoms with Crippen LogP contribution in [0.1, 0.15) is 54.4 Å². The Labute approximate surface area is 126 Å². The summed E-state index contributed by atoms with van der Waals surface area (Å²) in [6, 6.07) is 0. The van der Waals surface area contributed by atoms with Crippen molar-refractivity contribution < 1.29 is 20.1 Å². The Morgan fingerprint density at radius 3 is 1.39 bits per heavy atom. The van der Waals surface area contributed by atoms with Crippen molar-refractivity contribution in [1.82, 2.24) is 0 Å². The van der Waals surface area contributed by atoms with Gasteiger partial charge < -0.3 is 0 Å². The summed E-state index contributed by atoms with van der Waals surface area (Å²) in [6.07, 6.45) is 9.12. The van der Waals surface area contributed by atoms with Crippen LogP contribution in [-0.2, 0) is 20.1 Å². The number of allylic oxidation sites excluding steroid dienone is 8. The third-order valence-electron chi connectivity index (χ3n) is 3.99. The first-order valence-corrected chi connectivity index (χ1v) is 6.48. The molecule has 0 nitrogen and oxygen atoms in total. The topological polar surface area (TPSA) is 0 Å². The van der Waals surface area contributed by atoms with E-state index in [0.717, 1.165) is 0 Å². The predicted molar refractivity (Wildman–Crippen MR) is 77.8 cm³/mol. The van der Waals surface area contributed by atoms with Gasteiger partial charge in [0, 0.05) is 26.0 Å². The van der Waals surface area contributed by atoms with Gasteiger partial charge in [-0.05, 0) is 58.6 Å². The Balaban J connectivity index is 0.000000321. The van der Waals surface area contributed by atoms with Crippen LogP contribution < -0.4 is 0 Å². The van der Waals surface area contributed by atoms with Crippen LogP contribution in [0.2, 0.25) is 0 Å². The molecule has 0 aromatic heterocycles. The number of hydrogen-bond donors (Lipinski definition) is 0.